The molecule has 2 unspecified atom stereocenters. The molecular formula is C17H25N3. The fraction of sp³-hybridized carbons (Fsp3) is 0.471. The molecule has 3 nitrogen and oxygen atoms in total. The first-order valence-electron chi connectivity index (χ1n) is 7.14. The molecule has 0 bridgehead atoms. The molecule has 108 valence electrons. The van der Waals surface area contributed by atoms with Crippen LogP contribution in [-0.4, -0.2) is 12.0 Å². The third-order valence-corrected chi connectivity index (χ3v) is 3.44. The second kappa shape index (κ2) is 7.59. The summed E-state index contributed by atoms with van der Waals surface area (Å²) >= 11 is 0. The highest BCUT2D eigenvalue weighted by molar-refractivity contribution is 5.92. The quantitative estimate of drug-likeness (QED) is 0.488. The third kappa shape index (κ3) is 4.62. The highest BCUT2D eigenvalue weighted by atomic mass is 15.1. The molecule has 20 heavy (non-hydrogen) atoms. The number of anilines is 1. The minimum Gasteiger partial charge on any atom is -0.370 e. The molecular weight excluding hydrogens is 246 g/mol. The van der Waals surface area contributed by atoms with Crippen LogP contribution in [0.5, 0.6) is 0 Å². The molecule has 0 spiro atoms. The van der Waals surface area contributed by atoms with Gasteiger partial charge in [-0.2, -0.15) is 0 Å². The van der Waals surface area contributed by atoms with Crippen LogP contribution in [-0.2, 0) is 0 Å². The van der Waals surface area contributed by atoms with E-state index < -0.39 is 0 Å². The van der Waals surface area contributed by atoms with E-state index in [9.17, 15) is 0 Å². The molecule has 3 N–H and O–H groups in total. The van der Waals surface area contributed by atoms with Gasteiger partial charge in [0.2, 0.25) is 0 Å². The van der Waals surface area contributed by atoms with E-state index in [0.717, 1.165) is 12.1 Å². The topological polar surface area (TPSA) is 50.4 Å². The van der Waals surface area contributed by atoms with Gasteiger partial charge >= 0.3 is 0 Å². The lowest BCUT2D eigenvalue weighted by Crippen LogP contribution is -2.26. The molecule has 1 rings (SSSR count). The summed E-state index contributed by atoms with van der Waals surface area (Å²) in [4.78, 5) is 4.31. The van der Waals surface area contributed by atoms with Crippen LogP contribution in [0.1, 0.15) is 45.6 Å². The molecule has 0 radical (unpaired) electrons. The standard InChI is InChI=1S/C17H25N3/c1-6-13(5)14-8-10-15(11-9-14)19-17(18)20-16(7-2)12(3)4/h2,8-13,16H,6H2,1,3-5H3,(H3,18,19,20). The van der Waals surface area contributed by atoms with Crippen LogP contribution in [0.3, 0.4) is 0 Å². The van der Waals surface area contributed by atoms with Gasteiger partial charge in [-0.05, 0) is 36.0 Å². The van der Waals surface area contributed by atoms with E-state index in [0.29, 0.717) is 11.9 Å². The van der Waals surface area contributed by atoms with Crippen molar-refractivity contribution < 1.29 is 0 Å². The van der Waals surface area contributed by atoms with Gasteiger partial charge in [-0.25, -0.2) is 4.99 Å². The Morgan fingerprint density at radius 3 is 2.35 bits per heavy atom. The van der Waals surface area contributed by atoms with E-state index in [1.165, 1.54) is 5.56 Å². The molecule has 0 aliphatic heterocycles. The number of guanidine groups is 1. The minimum absolute atomic E-state index is 0.193. The average molecular weight is 271 g/mol. The van der Waals surface area contributed by atoms with Crippen molar-refractivity contribution in [3.05, 3.63) is 29.8 Å². The Morgan fingerprint density at radius 2 is 1.90 bits per heavy atom. The van der Waals surface area contributed by atoms with Crippen molar-refractivity contribution in [3.8, 4) is 12.3 Å². The molecule has 2 atom stereocenters. The fourth-order valence-electron chi connectivity index (χ4n) is 1.84. The van der Waals surface area contributed by atoms with Crippen molar-refractivity contribution in [1.29, 1.82) is 0 Å². The van der Waals surface area contributed by atoms with Crippen LogP contribution in [0.15, 0.2) is 29.3 Å². The van der Waals surface area contributed by atoms with Crippen molar-refractivity contribution in [2.75, 3.05) is 5.32 Å². The summed E-state index contributed by atoms with van der Waals surface area (Å²) in [6.07, 6.45) is 6.58. The smallest absolute Gasteiger partial charge is 0.194 e. The predicted octanol–water partition coefficient (Wildman–Crippen LogP) is 3.58. The summed E-state index contributed by atoms with van der Waals surface area (Å²) < 4.78 is 0. The lowest BCUT2D eigenvalue weighted by atomic mass is 9.99. The second-order valence-electron chi connectivity index (χ2n) is 5.43. The summed E-state index contributed by atoms with van der Waals surface area (Å²) in [5.41, 5.74) is 8.15. The van der Waals surface area contributed by atoms with Crippen LogP contribution in [0, 0.1) is 18.3 Å². The second-order valence-corrected chi connectivity index (χ2v) is 5.43. The number of rotatable bonds is 5. The van der Waals surface area contributed by atoms with Gasteiger partial charge in [-0.15, -0.1) is 6.42 Å². The highest BCUT2D eigenvalue weighted by Gasteiger charge is 2.09. The number of aliphatic imine (C=N–C) groups is 1. The Hall–Kier alpha value is -1.95. The number of nitrogens with two attached hydrogens (primary N) is 1. The van der Waals surface area contributed by atoms with E-state index in [4.69, 9.17) is 12.2 Å². The summed E-state index contributed by atoms with van der Waals surface area (Å²) in [6.45, 7) is 8.47. The monoisotopic (exact) mass is 271 g/mol. The van der Waals surface area contributed by atoms with Crippen LogP contribution < -0.4 is 11.1 Å². The lowest BCUT2D eigenvalue weighted by molar-refractivity contribution is 0.586. The van der Waals surface area contributed by atoms with Gasteiger partial charge in [0.25, 0.3) is 0 Å². The third-order valence-electron chi connectivity index (χ3n) is 3.44. The fourth-order valence-corrected chi connectivity index (χ4v) is 1.84. The molecule has 1 aromatic rings. The Labute approximate surface area is 122 Å². The van der Waals surface area contributed by atoms with E-state index >= 15 is 0 Å². The minimum atomic E-state index is -0.193. The van der Waals surface area contributed by atoms with Gasteiger partial charge in [-0.3, -0.25) is 0 Å². The van der Waals surface area contributed by atoms with Crippen LogP contribution >= 0.6 is 0 Å². The Kier molecular flexibility index (Phi) is 6.11. The van der Waals surface area contributed by atoms with Gasteiger partial charge in [0.1, 0.15) is 6.04 Å². The number of benzene rings is 1. The highest BCUT2D eigenvalue weighted by Crippen LogP contribution is 2.20. The molecule has 0 aliphatic carbocycles. The number of nitrogens with zero attached hydrogens (tertiary/aromatic N) is 1. The maximum Gasteiger partial charge on any atom is 0.194 e. The van der Waals surface area contributed by atoms with Gasteiger partial charge in [0, 0.05) is 5.69 Å². The SMILES string of the molecule is C#CC(N=C(N)Nc1ccc(C(C)CC)cc1)C(C)C. The first kappa shape index (κ1) is 16.1. The average Bonchev–Trinajstić information content (AvgIpc) is 2.44. The Bertz CT molecular complexity index is 480. The zero-order chi connectivity index (χ0) is 15.1. The largest absolute Gasteiger partial charge is 0.370 e. The predicted molar refractivity (Wildman–Crippen MR) is 87.9 cm³/mol. The van der Waals surface area contributed by atoms with Crippen molar-refractivity contribution in [3.63, 3.8) is 0 Å². The lowest BCUT2D eigenvalue weighted by Gasteiger charge is -2.13. The van der Waals surface area contributed by atoms with Gasteiger partial charge in [0.05, 0.1) is 0 Å². The molecule has 0 aromatic heterocycles. The molecule has 3 heteroatoms. The van der Waals surface area contributed by atoms with Gasteiger partial charge in [0.15, 0.2) is 5.96 Å². The molecule has 0 saturated carbocycles. The van der Waals surface area contributed by atoms with E-state index in [1.54, 1.807) is 0 Å². The molecule has 0 saturated heterocycles. The van der Waals surface area contributed by atoms with E-state index in [-0.39, 0.29) is 12.0 Å². The van der Waals surface area contributed by atoms with E-state index in [1.807, 2.05) is 26.0 Å². The van der Waals surface area contributed by atoms with Crippen molar-refractivity contribution in [2.24, 2.45) is 16.6 Å². The normalized spacial score (nSPS) is 14.7. The molecule has 1 aromatic carbocycles. The summed E-state index contributed by atoms with van der Waals surface area (Å²) in [5, 5.41) is 3.08. The number of terminal acetylenes is 1. The van der Waals surface area contributed by atoms with Gasteiger partial charge < -0.3 is 11.1 Å². The number of hydrogen-bond acceptors (Lipinski definition) is 1. The van der Waals surface area contributed by atoms with Crippen LogP contribution in [0.4, 0.5) is 5.69 Å². The maximum atomic E-state index is 5.89. The Morgan fingerprint density at radius 1 is 1.30 bits per heavy atom. The molecule has 0 heterocycles. The number of nitrogens with one attached hydrogen (secondary N) is 1. The van der Waals surface area contributed by atoms with Crippen molar-refractivity contribution in [2.45, 2.75) is 46.1 Å². The zero-order valence-electron chi connectivity index (χ0n) is 12.9. The molecule has 0 fully saturated rings. The molecule has 0 aliphatic rings. The summed E-state index contributed by atoms with van der Waals surface area (Å²) in [7, 11) is 0. The van der Waals surface area contributed by atoms with Crippen molar-refractivity contribution >= 4 is 11.6 Å². The summed E-state index contributed by atoms with van der Waals surface area (Å²) in [5.74, 6) is 3.84. The zero-order valence-corrected chi connectivity index (χ0v) is 12.9. The van der Waals surface area contributed by atoms with Crippen LogP contribution in [0.2, 0.25) is 0 Å². The first-order chi connectivity index (χ1) is 9.47. The first-order valence-corrected chi connectivity index (χ1v) is 7.14. The number of hydrogen-bond donors (Lipinski definition) is 2. The maximum absolute atomic E-state index is 5.89. The van der Waals surface area contributed by atoms with Gasteiger partial charge in [-0.1, -0.05) is 45.7 Å². The summed E-state index contributed by atoms with van der Waals surface area (Å²) in [6, 6.07) is 8.08. The van der Waals surface area contributed by atoms with Crippen LogP contribution in [0.25, 0.3) is 0 Å². The van der Waals surface area contributed by atoms with E-state index in [2.05, 4.69) is 42.2 Å². The van der Waals surface area contributed by atoms with Crippen molar-refractivity contribution in [1.82, 2.24) is 0 Å². The molecule has 0 amide bonds. The Balaban J connectivity index is 2.74.